The Morgan fingerprint density at radius 2 is 1.88 bits per heavy atom. The fourth-order valence-corrected chi connectivity index (χ4v) is 4.18. The van der Waals surface area contributed by atoms with Gasteiger partial charge in [0.25, 0.3) is 5.56 Å². The molecule has 7 heteroatoms. The average molecular weight is 448 g/mol. The molecule has 2 aromatic carbocycles. The van der Waals surface area contributed by atoms with E-state index in [2.05, 4.69) is 49.6 Å². The van der Waals surface area contributed by atoms with Gasteiger partial charge in [-0.15, -0.1) is 5.10 Å². The average Bonchev–Trinajstić information content (AvgIpc) is 3.31. The van der Waals surface area contributed by atoms with Crippen LogP contribution < -0.4 is 19.6 Å². The summed E-state index contributed by atoms with van der Waals surface area (Å²) >= 11 is 1.31. The van der Waals surface area contributed by atoms with Crippen molar-refractivity contribution in [1.82, 2.24) is 14.6 Å². The lowest BCUT2D eigenvalue weighted by molar-refractivity contribution is 0.326. The highest BCUT2D eigenvalue weighted by molar-refractivity contribution is 7.15. The van der Waals surface area contributed by atoms with Crippen LogP contribution in [0, 0.1) is 0 Å². The van der Waals surface area contributed by atoms with E-state index in [-0.39, 0.29) is 11.0 Å². The fraction of sp³-hybridized carbons (Fsp3) is 0.240. The molecule has 0 aliphatic rings. The number of aromatic nitrogens is 3. The van der Waals surface area contributed by atoms with E-state index in [1.165, 1.54) is 21.4 Å². The van der Waals surface area contributed by atoms with E-state index in [0.717, 1.165) is 11.1 Å². The third-order valence-corrected chi connectivity index (χ3v) is 5.99. The number of fused-ring (bicyclic) bond motifs is 1. The molecule has 2 heterocycles. The summed E-state index contributed by atoms with van der Waals surface area (Å²) in [7, 11) is 1.58. The third kappa shape index (κ3) is 4.29. The summed E-state index contributed by atoms with van der Waals surface area (Å²) in [5, 5.41) is 4.45. The van der Waals surface area contributed by atoms with E-state index in [1.807, 2.05) is 30.3 Å². The molecule has 2 aromatic heterocycles. The number of thiazole rings is 1. The van der Waals surface area contributed by atoms with Crippen LogP contribution in [0.5, 0.6) is 11.5 Å². The van der Waals surface area contributed by atoms with E-state index in [0.29, 0.717) is 33.4 Å². The maximum absolute atomic E-state index is 12.9. The molecule has 0 bridgehead atoms. The largest absolute Gasteiger partial charge is 0.493 e. The number of hydrogen-bond acceptors (Lipinski definition) is 6. The molecule has 0 saturated heterocycles. The second-order valence-corrected chi connectivity index (χ2v) is 9.39. The zero-order valence-corrected chi connectivity index (χ0v) is 19.4. The van der Waals surface area contributed by atoms with E-state index in [9.17, 15) is 4.79 Å². The van der Waals surface area contributed by atoms with Gasteiger partial charge in [0.1, 0.15) is 6.61 Å². The Morgan fingerprint density at radius 1 is 1.12 bits per heavy atom. The van der Waals surface area contributed by atoms with Crippen molar-refractivity contribution in [2.24, 2.45) is 0 Å². The normalized spacial score (nSPS) is 12.3. The molecule has 0 saturated carbocycles. The number of nitrogens with zero attached hydrogens (tertiary/aromatic N) is 3. The molecule has 0 fully saturated rings. The van der Waals surface area contributed by atoms with Gasteiger partial charge >= 0.3 is 0 Å². The van der Waals surface area contributed by atoms with Gasteiger partial charge in [0.2, 0.25) is 4.96 Å². The van der Waals surface area contributed by atoms with E-state index >= 15 is 0 Å². The maximum atomic E-state index is 12.9. The first-order valence-electron chi connectivity index (χ1n) is 10.2. The minimum absolute atomic E-state index is 0.0755. The lowest BCUT2D eigenvalue weighted by atomic mass is 9.87. The van der Waals surface area contributed by atoms with Gasteiger partial charge < -0.3 is 9.47 Å². The molecule has 32 heavy (non-hydrogen) atoms. The Bertz CT molecular complexity index is 1380. The van der Waals surface area contributed by atoms with Crippen LogP contribution >= 0.6 is 11.3 Å². The molecule has 0 amide bonds. The first-order valence-corrected chi connectivity index (χ1v) is 11.1. The SMILES string of the molecule is C=CCOc1ccc(/C=c2\sc3nc(-c4ccc(C(C)(C)C)cc4)nn3c2=O)cc1OC. The molecule has 0 aliphatic carbocycles. The predicted octanol–water partition coefficient (Wildman–Crippen LogP) is 4.24. The molecule has 4 rings (SSSR count). The first-order chi connectivity index (χ1) is 15.3. The van der Waals surface area contributed by atoms with Crippen LogP contribution in [0.4, 0.5) is 0 Å². The summed E-state index contributed by atoms with van der Waals surface area (Å²) in [5.41, 5.74) is 2.83. The van der Waals surface area contributed by atoms with Crippen molar-refractivity contribution in [3.8, 4) is 22.9 Å². The van der Waals surface area contributed by atoms with Crippen molar-refractivity contribution >= 4 is 22.4 Å². The molecule has 4 aromatic rings. The molecule has 6 nitrogen and oxygen atoms in total. The molecular weight excluding hydrogens is 422 g/mol. The molecule has 0 unspecified atom stereocenters. The second kappa shape index (κ2) is 8.59. The number of hydrogen-bond donors (Lipinski definition) is 0. The highest BCUT2D eigenvalue weighted by Gasteiger charge is 2.16. The highest BCUT2D eigenvalue weighted by Crippen LogP contribution is 2.28. The highest BCUT2D eigenvalue weighted by atomic mass is 32.1. The quantitative estimate of drug-likeness (QED) is 0.414. The lowest BCUT2D eigenvalue weighted by Crippen LogP contribution is -2.23. The van der Waals surface area contributed by atoms with Gasteiger partial charge in [0.05, 0.1) is 11.6 Å². The number of methoxy groups -OCH3 is 1. The molecule has 0 N–H and O–H groups in total. The van der Waals surface area contributed by atoms with Gasteiger partial charge in [-0.05, 0) is 34.8 Å². The van der Waals surface area contributed by atoms with E-state index in [1.54, 1.807) is 19.3 Å². The Labute approximate surface area is 190 Å². The van der Waals surface area contributed by atoms with Crippen LogP contribution in [-0.4, -0.2) is 28.3 Å². The van der Waals surface area contributed by atoms with Crippen LogP contribution in [0.25, 0.3) is 22.4 Å². The van der Waals surface area contributed by atoms with Crippen LogP contribution in [-0.2, 0) is 5.41 Å². The van der Waals surface area contributed by atoms with Gasteiger partial charge in [-0.25, -0.2) is 0 Å². The van der Waals surface area contributed by atoms with Crippen LogP contribution in [0.3, 0.4) is 0 Å². The Kier molecular flexibility index (Phi) is 5.84. The van der Waals surface area contributed by atoms with Crippen molar-refractivity contribution in [2.45, 2.75) is 26.2 Å². The third-order valence-electron chi connectivity index (χ3n) is 5.03. The zero-order chi connectivity index (χ0) is 22.9. The van der Waals surface area contributed by atoms with Gasteiger partial charge in [-0.1, -0.05) is 75.1 Å². The number of benzene rings is 2. The van der Waals surface area contributed by atoms with Crippen molar-refractivity contribution in [1.29, 1.82) is 0 Å². The summed E-state index contributed by atoms with van der Waals surface area (Å²) in [6.45, 7) is 10.6. The van der Waals surface area contributed by atoms with Gasteiger partial charge in [-0.3, -0.25) is 4.79 Å². The minimum Gasteiger partial charge on any atom is -0.493 e. The number of rotatable bonds is 6. The summed E-state index contributed by atoms with van der Waals surface area (Å²) < 4.78 is 12.9. The lowest BCUT2D eigenvalue weighted by Gasteiger charge is -2.18. The zero-order valence-electron chi connectivity index (χ0n) is 18.6. The van der Waals surface area contributed by atoms with Gasteiger partial charge in [0, 0.05) is 5.56 Å². The molecule has 0 atom stereocenters. The summed E-state index contributed by atoms with van der Waals surface area (Å²) in [4.78, 5) is 18.0. The van der Waals surface area contributed by atoms with Gasteiger partial charge in [0.15, 0.2) is 17.3 Å². The van der Waals surface area contributed by atoms with E-state index < -0.39 is 0 Å². The van der Waals surface area contributed by atoms with E-state index in [4.69, 9.17) is 9.47 Å². The predicted molar refractivity (Wildman–Crippen MR) is 129 cm³/mol. The molecular formula is C25H25N3O3S. The monoisotopic (exact) mass is 447 g/mol. The number of ether oxygens (including phenoxy) is 2. The van der Waals surface area contributed by atoms with Crippen LogP contribution in [0.2, 0.25) is 0 Å². The standard InChI is InChI=1S/C25H25N3O3S/c1-6-13-31-19-12-7-16(14-20(19)30-5)15-21-23(29)28-24(32-21)26-22(27-28)17-8-10-18(11-9-17)25(2,3)4/h6-12,14-15H,1,13H2,2-5H3/b21-15-. The van der Waals surface area contributed by atoms with Gasteiger partial charge in [-0.2, -0.15) is 9.50 Å². The second-order valence-electron chi connectivity index (χ2n) is 8.38. The fourth-order valence-electron chi connectivity index (χ4n) is 3.27. The summed E-state index contributed by atoms with van der Waals surface area (Å²) in [6.07, 6.45) is 3.48. The Morgan fingerprint density at radius 3 is 2.50 bits per heavy atom. The van der Waals surface area contributed by atoms with Crippen molar-refractivity contribution in [3.05, 3.63) is 81.1 Å². The first kappa shape index (κ1) is 21.8. The maximum Gasteiger partial charge on any atom is 0.291 e. The minimum atomic E-state index is -0.194. The molecule has 0 spiro atoms. The summed E-state index contributed by atoms with van der Waals surface area (Å²) in [5.74, 6) is 1.76. The Balaban J connectivity index is 1.67. The van der Waals surface area contributed by atoms with Crippen molar-refractivity contribution < 1.29 is 9.47 Å². The smallest absolute Gasteiger partial charge is 0.291 e. The molecule has 0 radical (unpaired) electrons. The van der Waals surface area contributed by atoms with Crippen molar-refractivity contribution in [2.75, 3.05) is 13.7 Å². The van der Waals surface area contributed by atoms with Crippen molar-refractivity contribution in [3.63, 3.8) is 0 Å². The summed E-state index contributed by atoms with van der Waals surface area (Å²) in [6, 6.07) is 13.7. The Hall–Kier alpha value is -3.45. The molecule has 164 valence electrons. The van der Waals surface area contributed by atoms with Crippen LogP contribution in [0.1, 0.15) is 31.9 Å². The molecule has 0 aliphatic heterocycles. The topological polar surface area (TPSA) is 65.7 Å². The van der Waals surface area contributed by atoms with Crippen LogP contribution in [0.15, 0.2) is 59.9 Å².